The van der Waals surface area contributed by atoms with E-state index in [2.05, 4.69) is 18.2 Å². The number of hydrogen-bond donors (Lipinski definition) is 0. The number of carbonyl (C=O) groups excluding carboxylic acids is 1. The number of carbonyl (C=O) groups is 1. The van der Waals surface area contributed by atoms with Crippen LogP contribution >= 0.6 is 0 Å². The van der Waals surface area contributed by atoms with Gasteiger partial charge in [0, 0.05) is 13.0 Å². The summed E-state index contributed by atoms with van der Waals surface area (Å²) >= 11 is 0. The number of ether oxygens (including phenoxy) is 2. The van der Waals surface area contributed by atoms with Crippen molar-refractivity contribution in [2.45, 2.75) is 38.1 Å². The lowest BCUT2D eigenvalue weighted by Gasteiger charge is -2.24. The quantitative estimate of drug-likeness (QED) is 0.429. The van der Waals surface area contributed by atoms with Crippen molar-refractivity contribution >= 4 is 6.29 Å². The number of rotatable bonds is 7. The summed E-state index contributed by atoms with van der Waals surface area (Å²) in [7, 11) is 0. The summed E-state index contributed by atoms with van der Waals surface area (Å²) in [6, 6.07) is 10.1. The first-order chi connectivity index (χ1) is 9.38. The standard InChI is InChI=1S/C16H20O3/c17-11-9-15-7-4-8-16(19-15)10-12-18-13-14-5-2-1-3-6-14/h1-7,11,15-16H,8-10,12-13H2/t15-,16+/m1/s1. The zero-order chi connectivity index (χ0) is 13.3. The zero-order valence-electron chi connectivity index (χ0n) is 11.0. The monoisotopic (exact) mass is 260 g/mol. The highest BCUT2D eigenvalue weighted by Crippen LogP contribution is 2.17. The van der Waals surface area contributed by atoms with Gasteiger partial charge in [-0.1, -0.05) is 42.5 Å². The van der Waals surface area contributed by atoms with Crippen LogP contribution in [-0.4, -0.2) is 25.1 Å². The summed E-state index contributed by atoms with van der Waals surface area (Å²) in [5.41, 5.74) is 1.19. The molecule has 0 N–H and O–H groups in total. The Bertz CT molecular complexity index is 400. The van der Waals surface area contributed by atoms with Crippen molar-refractivity contribution in [3.05, 3.63) is 48.0 Å². The van der Waals surface area contributed by atoms with Crippen LogP contribution in [0.15, 0.2) is 42.5 Å². The van der Waals surface area contributed by atoms with Gasteiger partial charge in [-0.3, -0.25) is 0 Å². The lowest BCUT2D eigenvalue weighted by atomic mass is 10.1. The Morgan fingerprint density at radius 2 is 2.16 bits per heavy atom. The smallest absolute Gasteiger partial charge is 0.122 e. The molecule has 0 spiro atoms. The minimum Gasteiger partial charge on any atom is -0.377 e. The van der Waals surface area contributed by atoms with Gasteiger partial charge in [-0.05, 0) is 18.4 Å². The number of aldehydes is 1. The fraction of sp³-hybridized carbons (Fsp3) is 0.438. The van der Waals surface area contributed by atoms with Crippen molar-refractivity contribution in [3.63, 3.8) is 0 Å². The molecule has 0 unspecified atom stereocenters. The minimum atomic E-state index is -0.0506. The second-order valence-corrected chi connectivity index (χ2v) is 4.69. The normalized spacial score (nSPS) is 22.3. The van der Waals surface area contributed by atoms with Gasteiger partial charge in [0.25, 0.3) is 0 Å². The summed E-state index contributed by atoms with van der Waals surface area (Å²) < 4.78 is 11.4. The second kappa shape index (κ2) is 7.87. The molecule has 0 radical (unpaired) electrons. The zero-order valence-corrected chi connectivity index (χ0v) is 11.0. The Labute approximate surface area is 114 Å². The van der Waals surface area contributed by atoms with Gasteiger partial charge >= 0.3 is 0 Å². The first-order valence-corrected chi connectivity index (χ1v) is 6.76. The van der Waals surface area contributed by atoms with Crippen LogP contribution in [0.5, 0.6) is 0 Å². The van der Waals surface area contributed by atoms with Gasteiger partial charge in [-0.25, -0.2) is 0 Å². The molecule has 0 amide bonds. The molecule has 1 heterocycles. The van der Waals surface area contributed by atoms with Gasteiger partial charge in [0.1, 0.15) is 6.29 Å². The van der Waals surface area contributed by atoms with Crippen molar-refractivity contribution in [1.82, 2.24) is 0 Å². The fourth-order valence-corrected chi connectivity index (χ4v) is 2.12. The molecule has 1 aromatic rings. The van der Waals surface area contributed by atoms with E-state index >= 15 is 0 Å². The first kappa shape index (κ1) is 14.0. The van der Waals surface area contributed by atoms with Crippen molar-refractivity contribution in [2.24, 2.45) is 0 Å². The van der Waals surface area contributed by atoms with E-state index in [0.29, 0.717) is 19.6 Å². The topological polar surface area (TPSA) is 35.5 Å². The molecule has 1 aliphatic heterocycles. The highest BCUT2D eigenvalue weighted by atomic mass is 16.5. The lowest BCUT2D eigenvalue weighted by molar-refractivity contribution is -0.111. The van der Waals surface area contributed by atoms with Crippen LogP contribution in [-0.2, 0) is 20.9 Å². The van der Waals surface area contributed by atoms with E-state index in [1.54, 1.807) is 0 Å². The van der Waals surface area contributed by atoms with Crippen molar-refractivity contribution in [1.29, 1.82) is 0 Å². The van der Waals surface area contributed by atoms with Crippen LogP contribution < -0.4 is 0 Å². The molecule has 1 aromatic carbocycles. The Hall–Kier alpha value is -1.45. The molecule has 0 fully saturated rings. The maximum absolute atomic E-state index is 10.5. The minimum absolute atomic E-state index is 0.0506. The van der Waals surface area contributed by atoms with Crippen LogP contribution in [0.1, 0.15) is 24.8 Å². The Kier molecular flexibility index (Phi) is 5.79. The molecule has 2 rings (SSSR count). The predicted molar refractivity (Wildman–Crippen MR) is 73.8 cm³/mol. The summed E-state index contributed by atoms with van der Waals surface area (Å²) in [6.45, 7) is 1.32. The molecule has 0 bridgehead atoms. The average Bonchev–Trinajstić information content (AvgIpc) is 2.46. The maximum atomic E-state index is 10.5. The molecule has 0 saturated heterocycles. The molecule has 0 aromatic heterocycles. The summed E-state index contributed by atoms with van der Waals surface area (Å²) in [5.74, 6) is 0. The first-order valence-electron chi connectivity index (χ1n) is 6.76. The van der Waals surface area contributed by atoms with Gasteiger partial charge in [0.05, 0.1) is 18.8 Å². The number of benzene rings is 1. The molecule has 3 heteroatoms. The van der Waals surface area contributed by atoms with Crippen LogP contribution in [0.4, 0.5) is 0 Å². The molecule has 1 aliphatic rings. The van der Waals surface area contributed by atoms with Crippen molar-refractivity contribution < 1.29 is 14.3 Å². The Morgan fingerprint density at radius 1 is 1.32 bits per heavy atom. The van der Waals surface area contributed by atoms with Crippen LogP contribution in [0.2, 0.25) is 0 Å². The van der Waals surface area contributed by atoms with E-state index in [-0.39, 0.29) is 12.2 Å². The molecule has 2 atom stereocenters. The molecule has 0 aliphatic carbocycles. The van der Waals surface area contributed by atoms with E-state index < -0.39 is 0 Å². The number of hydrogen-bond acceptors (Lipinski definition) is 3. The van der Waals surface area contributed by atoms with E-state index in [1.807, 2.05) is 24.3 Å². The van der Waals surface area contributed by atoms with Gasteiger partial charge in [-0.15, -0.1) is 0 Å². The van der Waals surface area contributed by atoms with Crippen molar-refractivity contribution in [2.75, 3.05) is 6.61 Å². The highest BCUT2D eigenvalue weighted by Gasteiger charge is 2.17. The van der Waals surface area contributed by atoms with E-state index in [4.69, 9.17) is 9.47 Å². The summed E-state index contributed by atoms with van der Waals surface area (Å²) in [6.07, 6.45) is 7.31. The Balaban J connectivity index is 1.63. The molecular formula is C16H20O3. The summed E-state index contributed by atoms with van der Waals surface area (Å²) in [5, 5.41) is 0. The van der Waals surface area contributed by atoms with Gasteiger partial charge < -0.3 is 14.3 Å². The average molecular weight is 260 g/mol. The third-order valence-electron chi connectivity index (χ3n) is 3.14. The van der Waals surface area contributed by atoms with Gasteiger partial charge in [0.15, 0.2) is 0 Å². The van der Waals surface area contributed by atoms with Crippen LogP contribution in [0.25, 0.3) is 0 Å². The molecule has 0 saturated carbocycles. The van der Waals surface area contributed by atoms with Gasteiger partial charge in [0.2, 0.25) is 0 Å². The van der Waals surface area contributed by atoms with Gasteiger partial charge in [-0.2, -0.15) is 0 Å². The SMILES string of the molecule is O=CC[C@H]1C=CC[C@@H](CCOCc2ccccc2)O1. The fourth-order valence-electron chi connectivity index (χ4n) is 2.12. The largest absolute Gasteiger partial charge is 0.377 e. The predicted octanol–water partition coefficient (Wildman–Crippen LogP) is 2.90. The molecule has 102 valence electrons. The summed E-state index contributed by atoms with van der Waals surface area (Å²) in [4.78, 5) is 10.5. The molecule has 3 nitrogen and oxygen atoms in total. The van der Waals surface area contributed by atoms with E-state index in [1.165, 1.54) is 5.56 Å². The van der Waals surface area contributed by atoms with Crippen molar-refractivity contribution in [3.8, 4) is 0 Å². The van der Waals surface area contributed by atoms with E-state index in [0.717, 1.165) is 19.1 Å². The third kappa shape index (κ3) is 4.97. The third-order valence-corrected chi connectivity index (χ3v) is 3.14. The second-order valence-electron chi connectivity index (χ2n) is 4.69. The van der Waals surface area contributed by atoms with Crippen LogP contribution in [0, 0.1) is 0 Å². The van der Waals surface area contributed by atoms with E-state index in [9.17, 15) is 4.79 Å². The van der Waals surface area contributed by atoms with Crippen LogP contribution in [0.3, 0.4) is 0 Å². The highest BCUT2D eigenvalue weighted by molar-refractivity contribution is 5.50. The Morgan fingerprint density at radius 3 is 2.95 bits per heavy atom. The molecular weight excluding hydrogens is 240 g/mol. The maximum Gasteiger partial charge on any atom is 0.122 e. The lowest BCUT2D eigenvalue weighted by Crippen LogP contribution is -2.25. The molecule has 19 heavy (non-hydrogen) atoms.